The zero-order valence-corrected chi connectivity index (χ0v) is 14.8. The van der Waals surface area contributed by atoms with Crippen molar-refractivity contribution in [2.24, 2.45) is 0 Å². The van der Waals surface area contributed by atoms with E-state index in [4.69, 9.17) is 0 Å². The Morgan fingerprint density at radius 2 is 2.04 bits per heavy atom. The second kappa shape index (κ2) is 7.67. The fourth-order valence-corrected chi connectivity index (χ4v) is 3.35. The zero-order chi connectivity index (χ0) is 18.6. The van der Waals surface area contributed by atoms with Crippen LogP contribution in [0.3, 0.4) is 0 Å². The van der Waals surface area contributed by atoms with Gasteiger partial charge in [-0.1, -0.05) is 47.7 Å². The Morgan fingerprint density at radius 1 is 1.19 bits per heavy atom. The molecule has 0 saturated carbocycles. The topological polar surface area (TPSA) is 63.1 Å². The maximum Gasteiger partial charge on any atom is 0.276 e. The van der Waals surface area contributed by atoms with Crippen LogP contribution in [0.4, 0.5) is 4.39 Å². The summed E-state index contributed by atoms with van der Waals surface area (Å²) >= 11 is 0. The molecule has 7 heteroatoms. The van der Waals surface area contributed by atoms with E-state index in [0.717, 1.165) is 11.1 Å². The van der Waals surface area contributed by atoms with Crippen molar-refractivity contribution in [3.05, 3.63) is 83.4 Å². The van der Waals surface area contributed by atoms with Crippen LogP contribution in [0.2, 0.25) is 0 Å². The van der Waals surface area contributed by atoms with Crippen LogP contribution in [0.5, 0.6) is 0 Å². The summed E-state index contributed by atoms with van der Waals surface area (Å²) in [5, 5.41) is 11.4. The summed E-state index contributed by atoms with van der Waals surface area (Å²) in [4.78, 5) is 14.8. The van der Waals surface area contributed by atoms with Gasteiger partial charge in [0, 0.05) is 19.6 Å². The van der Waals surface area contributed by atoms with Gasteiger partial charge in [-0.3, -0.25) is 4.79 Å². The van der Waals surface area contributed by atoms with Crippen molar-refractivity contribution in [3.63, 3.8) is 0 Å². The van der Waals surface area contributed by atoms with E-state index in [1.165, 1.54) is 12.1 Å². The Labute approximate surface area is 156 Å². The van der Waals surface area contributed by atoms with Crippen LogP contribution < -0.4 is 5.32 Å². The van der Waals surface area contributed by atoms with Crippen LogP contribution in [0.15, 0.2) is 60.8 Å². The number of amides is 1. The molecule has 0 aliphatic carbocycles. The van der Waals surface area contributed by atoms with Gasteiger partial charge in [0.2, 0.25) is 0 Å². The first-order valence-corrected chi connectivity index (χ1v) is 8.92. The molecule has 138 valence electrons. The minimum absolute atomic E-state index is 0.190. The summed E-state index contributed by atoms with van der Waals surface area (Å²) < 4.78 is 15.3. The van der Waals surface area contributed by atoms with Gasteiger partial charge in [-0.2, -0.15) is 0 Å². The predicted molar refractivity (Wildman–Crippen MR) is 98.6 cm³/mol. The van der Waals surface area contributed by atoms with Crippen molar-refractivity contribution >= 4 is 5.91 Å². The number of rotatable bonds is 4. The molecule has 6 nitrogen and oxygen atoms in total. The van der Waals surface area contributed by atoms with Crippen molar-refractivity contribution < 1.29 is 9.18 Å². The van der Waals surface area contributed by atoms with E-state index in [9.17, 15) is 9.18 Å². The molecule has 0 spiro atoms. The number of carbonyl (C=O) groups is 1. The average molecular weight is 365 g/mol. The molecule has 1 N–H and O–H groups in total. The van der Waals surface area contributed by atoms with E-state index in [2.05, 4.69) is 15.6 Å². The van der Waals surface area contributed by atoms with Gasteiger partial charge in [0.15, 0.2) is 5.69 Å². The number of benzene rings is 2. The molecule has 1 aliphatic rings. The molecule has 4 rings (SSSR count). The molecule has 1 saturated heterocycles. The molecule has 0 radical (unpaired) electrons. The van der Waals surface area contributed by atoms with E-state index in [1.54, 1.807) is 21.8 Å². The highest BCUT2D eigenvalue weighted by atomic mass is 19.1. The Morgan fingerprint density at radius 3 is 2.85 bits per heavy atom. The Kier molecular flexibility index (Phi) is 4.93. The maximum atomic E-state index is 13.6. The predicted octanol–water partition coefficient (Wildman–Crippen LogP) is 2.25. The number of nitrogens with zero attached hydrogens (tertiary/aromatic N) is 4. The van der Waals surface area contributed by atoms with Gasteiger partial charge in [0.05, 0.1) is 18.8 Å². The quantitative estimate of drug-likeness (QED) is 0.770. The van der Waals surface area contributed by atoms with Crippen molar-refractivity contribution in [2.45, 2.75) is 12.6 Å². The van der Waals surface area contributed by atoms with Crippen molar-refractivity contribution in [1.82, 2.24) is 25.2 Å². The molecular weight excluding hydrogens is 345 g/mol. The molecule has 3 aromatic rings. The van der Waals surface area contributed by atoms with E-state index >= 15 is 0 Å². The fraction of sp³-hybridized carbons (Fsp3) is 0.250. The molecule has 2 heterocycles. The minimum atomic E-state index is -0.306. The highest BCUT2D eigenvalue weighted by Crippen LogP contribution is 2.24. The Hall–Kier alpha value is -3.06. The molecule has 2 aromatic carbocycles. The molecule has 27 heavy (non-hydrogen) atoms. The third kappa shape index (κ3) is 3.88. The number of hydrogen-bond acceptors (Lipinski definition) is 4. The van der Waals surface area contributed by atoms with Gasteiger partial charge in [0.1, 0.15) is 5.82 Å². The minimum Gasteiger partial charge on any atom is -0.328 e. The van der Waals surface area contributed by atoms with Gasteiger partial charge in [-0.05, 0) is 23.3 Å². The van der Waals surface area contributed by atoms with Crippen molar-refractivity contribution in [3.8, 4) is 0 Å². The second-order valence-electron chi connectivity index (χ2n) is 6.56. The molecule has 0 bridgehead atoms. The summed E-state index contributed by atoms with van der Waals surface area (Å²) in [6, 6.07) is 16.0. The van der Waals surface area contributed by atoms with Gasteiger partial charge in [0.25, 0.3) is 5.91 Å². The summed E-state index contributed by atoms with van der Waals surface area (Å²) in [5.41, 5.74) is 2.16. The van der Waals surface area contributed by atoms with Crippen molar-refractivity contribution in [1.29, 1.82) is 0 Å². The third-order valence-corrected chi connectivity index (χ3v) is 4.68. The standard InChI is InChI=1S/C20H20FN5O/c21-17-8-4-7-16(11-17)19-12-22-9-10-26(19)20(27)18-14-25(24-23-18)13-15-5-2-1-3-6-15/h1-8,11,14,19,22H,9-10,12-13H2. The molecule has 1 fully saturated rings. The van der Waals surface area contributed by atoms with Crippen LogP contribution in [0.25, 0.3) is 0 Å². The van der Waals surface area contributed by atoms with Crippen LogP contribution in [0.1, 0.15) is 27.7 Å². The Balaban J connectivity index is 1.54. The lowest BCUT2D eigenvalue weighted by Crippen LogP contribution is -2.48. The molecule has 1 aliphatic heterocycles. The van der Waals surface area contributed by atoms with E-state index < -0.39 is 0 Å². The lowest BCUT2D eigenvalue weighted by atomic mass is 10.0. The van der Waals surface area contributed by atoms with Gasteiger partial charge < -0.3 is 10.2 Å². The third-order valence-electron chi connectivity index (χ3n) is 4.68. The molecule has 1 aromatic heterocycles. The normalized spacial score (nSPS) is 17.1. The Bertz CT molecular complexity index is 927. The van der Waals surface area contributed by atoms with Crippen molar-refractivity contribution in [2.75, 3.05) is 19.6 Å². The number of piperazine rings is 1. The fourth-order valence-electron chi connectivity index (χ4n) is 3.35. The van der Waals surface area contributed by atoms with Gasteiger partial charge >= 0.3 is 0 Å². The number of aromatic nitrogens is 3. The smallest absolute Gasteiger partial charge is 0.276 e. The summed E-state index contributed by atoms with van der Waals surface area (Å²) in [6.07, 6.45) is 1.67. The maximum absolute atomic E-state index is 13.6. The van der Waals surface area contributed by atoms with Crippen LogP contribution >= 0.6 is 0 Å². The first-order chi connectivity index (χ1) is 13.2. The van der Waals surface area contributed by atoms with E-state index in [-0.39, 0.29) is 17.8 Å². The lowest BCUT2D eigenvalue weighted by molar-refractivity contribution is 0.0627. The highest BCUT2D eigenvalue weighted by molar-refractivity contribution is 5.92. The summed E-state index contributed by atoms with van der Waals surface area (Å²) in [7, 11) is 0. The number of halogens is 1. The number of carbonyl (C=O) groups excluding carboxylic acids is 1. The number of nitrogens with one attached hydrogen (secondary N) is 1. The molecule has 1 amide bonds. The summed E-state index contributed by atoms with van der Waals surface area (Å²) in [5.74, 6) is -0.496. The molecule has 1 atom stereocenters. The largest absolute Gasteiger partial charge is 0.328 e. The highest BCUT2D eigenvalue weighted by Gasteiger charge is 2.30. The SMILES string of the molecule is O=C(c1cn(Cc2ccccc2)nn1)N1CCNCC1c1cccc(F)c1. The zero-order valence-electron chi connectivity index (χ0n) is 14.8. The average Bonchev–Trinajstić information content (AvgIpc) is 3.17. The van der Waals surface area contributed by atoms with E-state index in [1.807, 2.05) is 36.4 Å². The molecule has 1 unspecified atom stereocenters. The first-order valence-electron chi connectivity index (χ1n) is 8.92. The van der Waals surface area contributed by atoms with Gasteiger partial charge in [-0.25, -0.2) is 9.07 Å². The van der Waals surface area contributed by atoms with Crippen LogP contribution in [-0.2, 0) is 6.54 Å². The number of hydrogen-bond donors (Lipinski definition) is 1. The van der Waals surface area contributed by atoms with Crippen LogP contribution in [0, 0.1) is 5.82 Å². The van der Waals surface area contributed by atoms with Crippen LogP contribution in [-0.4, -0.2) is 45.4 Å². The van der Waals surface area contributed by atoms with E-state index in [0.29, 0.717) is 31.9 Å². The monoisotopic (exact) mass is 365 g/mol. The lowest BCUT2D eigenvalue weighted by Gasteiger charge is -2.36. The summed E-state index contributed by atoms with van der Waals surface area (Å²) in [6.45, 7) is 2.35. The second-order valence-corrected chi connectivity index (χ2v) is 6.56. The van der Waals surface area contributed by atoms with Gasteiger partial charge in [-0.15, -0.1) is 5.10 Å². The molecular formula is C20H20FN5O. The first kappa shape index (κ1) is 17.4.